The highest BCUT2D eigenvalue weighted by molar-refractivity contribution is 7.19. The standard InChI is InChI=1S/C17H25N3O3S/c1-4-13-15(22-10-21)14-16(18-9-19-17(14)24-13)23-12-7-5-11(6-8-12)20(2)3/h9,11-12,21H,4-8,10H2,1-3H3. The quantitative estimate of drug-likeness (QED) is 0.807. The molecule has 6 nitrogen and oxygen atoms in total. The van der Waals surface area contributed by atoms with Crippen LogP contribution in [0.1, 0.15) is 37.5 Å². The van der Waals surface area contributed by atoms with Crippen LogP contribution in [0.3, 0.4) is 0 Å². The van der Waals surface area contributed by atoms with Crippen LogP contribution >= 0.6 is 11.3 Å². The second-order valence-corrected chi connectivity index (χ2v) is 7.44. The minimum atomic E-state index is -0.360. The van der Waals surface area contributed by atoms with E-state index >= 15 is 0 Å². The van der Waals surface area contributed by atoms with Gasteiger partial charge in [-0.25, -0.2) is 9.97 Å². The first-order valence-electron chi connectivity index (χ1n) is 8.47. The summed E-state index contributed by atoms with van der Waals surface area (Å²) < 4.78 is 11.7. The van der Waals surface area contributed by atoms with Crippen LogP contribution in [0.5, 0.6) is 11.6 Å². The molecule has 24 heavy (non-hydrogen) atoms. The first-order chi connectivity index (χ1) is 11.6. The van der Waals surface area contributed by atoms with E-state index in [4.69, 9.17) is 9.47 Å². The lowest BCUT2D eigenvalue weighted by Crippen LogP contribution is -2.35. The van der Waals surface area contributed by atoms with Crippen molar-refractivity contribution in [2.24, 2.45) is 0 Å². The monoisotopic (exact) mass is 351 g/mol. The molecule has 1 saturated carbocycles. The Balaban J connectivity index is 1.83. The van der Waals surface area contributed by atoms with Crippen LogP contribution in [0.15, 0.2) is 6.33 Å². The number of aliphatic hydroxyl groups is 1. The molecule has 0 bridgehead atoms. The SMILES string of the molecule is CCc1sc2ncnc(OC3CCC(N(C)C)CC3)c2c1OCO. The Morgan fingerprint density at radius 3 is 2.62 bits per heavy atom. The molecule has 132 valence electrons. The van der Waals surface area contributed by atoms with Gasteiger partial charge in [0.05, 0.1) is 0 Å². The van der Waals surface area contributed by atoms with Crippen molar-refractivity contribution in [2.75, 3.05) is 20.9 Å². The van der Waals surface area contributed by atoms with Gasteiger partial charge in [0.15, 0.2) is 12.5 Å². The van der Waals surface area contributed by atoms with Crippen LogP contribution in [0, 0.1) is 0 Å². The summed E-state index contributed by atoms with van der Waals surface area (Å²) in [6.45, 7) is 1.70. The molecule has 2 aromatic heterocycles. The number of nitrogens with zero attached hydrogens (tertiary/aromatic N) is 3. The number of aryl methyl sites for hydroxylation is 1. The Morgan fingerprint density at radius 2 is 2.00 bits per heavy atom. The number of fused-ring (bicyclic) bond motifs is 1. The largest absolute Gasteiger partial charge is 0.474 e. The van der Waals surface area contributed by atoms with E-state index in [9.17, 15) is 5.11 Å². The summed E-state index contributed by atoms with van der Waals surface area (Å²) in [4.78, 5) is 12.9. The predicted molar refractivity (Wildman–Crippen MR) is 94.9 cm³/mol. The van der Waals surface area contributed by atoms with Crippen LogP contribution in [0.4, 0.5) is 0 Å². The molecule has 2 heterocycles. The van der Waals surface area contributed by atoms with Gasteiger partial charge in [-0.15, -0.1) is 11.3 Å². The van der Waals surface area contributed by atoms with Crippen molar-refractivity contribution in [3.05, 3.63) is 11.2 Å². The van der Waals surface area contributed by atoms with Gasteiger partial charge in [-0.2, -0.15) is 0 Å². The van der Waals surface area contributed by atoms with Crippen molar-refractivity contribution in [1.82, 2.24) is 14.9 Å². The maximum atomic E-state index is 9.21. The lowest BCUT2D eigenvalue weighted by molar-refractivity contribution is 0.0975. The number of ether oxygens (including phenoxy) is 2. The molecule has 3 rings (SSSR count). The number of hydrogen-bond donors (Lipinski definition) is 1. The maximum Gasteiger partial charge on any atom is 0.229 e. The van der Waals surface area contributed by atoms with Crippen molar-refractivity contribution >= 4 is 21.6 Å². The molecule has 0 saturated heterocycles. The van der Waals surface area contributed by atoms with Gasteiger partial charge in [0, 0.05) is 10.9 Å². The highest BCUT2D eigenvalue weighted by atomic mass is 32.1. The Hall–Kier alpha value is -1.44. The summed E-state index contributed by atoms with van der Waals surface area (Å²) in [6.07, 6.45) is 6.85. The van der Waals surface area contributed by atoms with Gasteiger partial charge < -0.3 is 19.5 Å². The molecule has 1 aliphatic carbocycles. The minimum absolute atomic E-state index is 0.172. The molecular formula is C17H25N3O3S. The van der Waals surface area contributed by atoms with Gasteiger partial charge in [-0.1, -0.05) is 6.92 Å². The first kappa shape index (κ1) is 17.4. The Morgan fingerprint density at radius 1 is 1.25 bits per heavy atom. The van der Waals surface area contributed by atoms with Crippen molar-refractivity contribution in [3.63, 3.8) is 0 Å². The van der Waals surface area contributed by atoms with Crippen LogP contribution in [-0.2, 0) is 6.42 Å². The average molecular weight is 351 g/mol. The molecule has 0 atom stereocenters. The molecule has 1 N–H and O–H groups in total. The van der Waals surface area contributed by atoms with Gasteiger partial charge in [0.2, 0.25) is 5.88 Å². The third-order valence-corrected chi connectivity index (χ3v) is 5.88. The van der Waals surface area contributed by atoms with E-state index in [1.54, 1.807) is 17.7 Å². The summed E-state index contributed by atoms with van der Waals surface area (Å²) in [6, 6.07) is 0.636. The molecule has 1 fully saturated rings. The summed E-state index contributed by atoms with van der Waals surface area (Å²) in [5, 5.41) is 10.0. The van der Waals surface area contributed by atoms with E-state index in [-0.39, 0.29) is 12.9 Å². The zero-order valence-electron chi connectivity index (χ0n) is 14.5. The molecule has 0 amide bonds. The number of thiophene rings is 1. The van der Waals surface area contributed by atoms with Gasteiger partial charge in [0.1, 0.15) is 22.6 Å². The lowest BCUT2D eigenvalue weighted by Gasteiger charge is -2.32. The van der Waals surface area contributed by atoms with Crippen molar-refractivity contribution < 1.29 is 14.6 Å². The number of rotatable bonds is 6. The zero-order valence-corrected chi connectivity index (χ0v) is 15.3. The van der Waals surface area contributed by atoms with Gasteiger partial charge in [0.25, 0.3) is 0 Å². The minimum Gasteiger partial charge on any atom is -0.474 e. The molecule has 0 aromatic carbocycles. The average Bonchev–Trinajstić information content (AvgIpc) is 2.94. The normalized spacial score (nSPS) is 21.4. The highest BCUT2D eigenvalue weighted by Gasteiger charge is 2.26. The number of aliphatic hydroxyl groups excluding tert-OH is 1. The number of hydrogen-bond acceptors (Lipinski definition) is 7. The van der Waals surface area contributed by atoms with Gasteiger partial charge >= 0.3 is 0 Å². The van der Waals surface area contributed by atoms with Crippen LogP contribution in [0.2, 0.25) is 0 Å². The molecule has 0 radical (unpaired) electrons. The second-order valence-electron chi connectivity index (χ2n) is 6.35. The maximum absolute atomic E-state index is 9.21. The van der Waals surface area contributed by atoms with Crippen molar-refractivity contribution in [1.29, 1.82) is 0 Å². The summed E-state index contributed by atoms with van der Waals surface area (Å²) in [5.41, 5.74) is 0. The highest BCUT2D eigenvalue weighted by Crippen LogP contribution is 2.42. The Kier molecular flexibility index (Phi) is 5.53. The molecule has 1 aliphatic rings. The molecule has 0 unspecified atom stereocenters. The zero-order chi connectivity index (χ0) is 17.1. The second kappa shape index (κ2) is 7.63. The van der Waals surface area contributed by atoms with Crippen LogP contribution < -0.4 is 9.47 Å². The fourth-order valence-electron chi connectivity index (χ4n) is 3.31. The van der Waals surface area contributed by atoms with Crippen LogP contribution in [-0.4, -0.2) is 53.0 Å². The molecular weight excluding hydrogens is 326 g/mol. The fraction of sp³-hybridized carbons (Fsp3) is 0.647. The third kappa shape index (κ3) is 3.48. The van der Waals surface area contributed by atoms with Gasteiger partial charge in [-0.3, -0.25) is 0 Å². The summed E-state index contributed by atoms with van der Waals surface area (Å²) in [5.74, 6) is 1.24. The number of aromatic nitrogens is 2. The first-order valence-corrected chi connectivity index (χ1v) is 9.28. The van der Waals surface area contributed by atoms with E-state index in [0.29, 0.717) is 17.7 Å². The molecule has 2 aromatic rings. The van der Waals surface area contributed by atoms with Crippen LogP contribution in [0.25, 0.3) is 10.2 Å². The predicted octanol–water partition coefficient (Wildman–Crippen LogP) is 2.83. The van der Waals surface area contributed by atoms with E-state index in [1.807, 2.05) is 0 Å². The third-order valence-electron chi connectivity index (χ3n) is 4.66. The lowest BCUT2D eigenvalue weighted by atomic mass is 9.92. The molecule has 7 heteroatoms. The molecule has 0 spiro atoms. The van der Waals surface area contributed by atoms with Crippen molar-refractivity contribution in [3.8, 4) is 11.6 Å². The van der Waals surface area contributed by atoms with Gasteiger partial charge in [-0.05, 0) is 46.2 Å². The summed E-state index contributed by atoms with van der Waals surface area (Å²) in [7, 11) is 4.27. The molecule has 0 aliphatic heterocycles. The Labute approximate surface area is 146 Å². The van der Waals surface area contributed by atoms with E-state index in [2.05, 4.69) is 35.9 Å². The van der Waals surface area contributed by atoms with Crippen molar-refractivity contribution in [2.45, 2.75) is 51.2 Å². The smallest absolute Gasteiger partial charge is 0.229 e. The van der Waals surface area contributed by atoms with E-state index < -0.39 is 0 Å². The fourth-order valence-corrected chi connectivity index (χ4v) is 4.32. The van der Waals surface area contributed by atoms with E-state index in [1.165, 1.54) is 0 Å². The van der Waals surface area contributed by atoms with E-state index in [0.717, 1.165) is 47.2 Å². The Bertz CT molecular complexity index is 681. The summed E-state index contributed by atoms with van der Waals surface area (Å²) >= 11 is 1.57. The topological polar surface area (TPSA) is 67.7 Å².